The fourth-order valence-corrected chi connectivity index (χ4v) is 3.67. The van der Waals surface area contributed by atoms with Crippen molar-refractivity contribution in [3.63, 3.8) is 0 Å². The summed E-state index contributed by atoms with van der Waals surface area (Å²) in [7, 11) is 3.60. The molecule has 0 aromatic carbocycles. The first-order valence-electron chi connectivity index (χ1n) is 9.81. The molecule has 0 aliphatic carbocycles. The van der Waals surface area contributed by atoms with Gasteiger partial charge in [-0.3, -0.25) is 4.79 Å². The molecule has 3 unspecified atom stereocenters. The Hall–Kier alpha value is -0.720. The molecule has 1 amide bonds. The van der Waals surface area contributed by atoms with Gasteiger partial charge in [0, 0.05) is 51.7 Å². The van der Waals surface area contributed by atoms with Gasteiger partial charge in [0.1, 0.15) is 6.67 Å². The molecule has 5 nitrogen and oxygen atoms in total. The molecule has 1 fully saturated rings. The SMILES string of the molecule is CC(C)NC1CCN(CCF)CC1CC(C)NCCCC(=O)N(C)C. The Labute approximate surface area is 153 Å². The Morgan fingerprint density at radius 1 is 1.32 bits per heavy atom. The van der Waals surface area contributed by atoms with Crippen LogP contribution in [-0.2, 0) is 4.79 Å². The molecule has 25 heavy (non-hydrogen) atoms. The minimum atomic E-state index is -0.261. The fourth-order valence-electron chi connectivity index (χ4n) is 3.67. The van der Waals surface area contributed by atoms with Crippen LogP contribution in [0.2, 0.25) is 0 Å². The number of rotatable bonds is 11. The van der Waals surface area contributed by atoms with Crippen LogP contribution in [0.5, 0.6) is 0 Å². The molecule has 0 aromatic heterocycles. The molecule has 0 aromatic rings. The van der Waals surface area contributed by atoms with Crippen LogP contribution < -0.4 is 10.6 Å². The molecule has 1 rings (SSSR count). The molecule has 0 radical (unpaired) electrons. The van der Waals surface area contributed by atoms with Crippen molar-refractivity contribution in [3.05, 3.63) is 0 Å². The van der Waals surface area contributed by atoms with Crippen molar-refractivity contribution >= 4 is 5.91 Å². The zero-order valence-electron chi connectivity index (χ0n) is 16.9. The number of halogens is 1. The summed E-state index contributed by atoms with van der Waals surface area (Å²) in [5.41, 5.74) is 0. The smallest absolute Gasteiger partial charge is 0.222 e. The molecule has 1 heterocycles. The summed E-state index contributed by atoms with van der Waals surface area (Å²) in [6, 6.07) is 1.39. The van der Waals surface area contributed by atoms with E-state index in [-0.39, 0.29) is 12.6 Å². The monoisotopic (exact) mass is 358 g/mol. The number of amides is 1. The lowest BCUT2D eigenvalue weighted by Gasteiger charge is -2.40. The molecule has 0 saturated carbocycles. The van der Waals surface area contributed by atoms with Crippen LogP contribution in [0.1, 0.15) is 46.5 Å². The Balaban J connectivity index is 2.40. The summed E-state index contributed by atoms with van der Waals surface area (Å²) in [4.78, 5) is 15.5. The van der Waals surface area contributed by atoms with E-state index in [1.54, 1.807) is 19.0 Å². The maximum Gasteiger partial charge on any atom is 0.222 e. The number of hydrogen-bond acceptors (Lipinski definition) is 4. The van der Waals surface area contributed by atoms with E-state index < -0.39 is 0 Å². The number of alkyl halides is 1. The van der Waals surface area contributed by atoms with Crippen LogP contribution >= 0.6 is 0 Å². The first kappa shape index (κ1) is 22.3. The molecule has 1 saturated heterocycles. The summed E-state index contributed by atoms with van der Waals surface area (Å²) >= 11 is 0. The van der Waals surface area contributed by atoms with E-state index in [0.717, 1.165) is 38.9 Å². The second kappa shape index (κ2) is 11.8. The summed E-state index contributed by atoms with van der Waals surface area (Å²) < 4.78 is 12.7. The van der Waals surface area contributed by atoms with E-state index in [4.69, 9.17) is 0 Å². The number of carbonyl (C=O) groups is 1. The number of likely N-dealkylation sites (tertiary alicyclic amines) is 1. The van der Waals surface area contributed by atoms with E-state index in [1.165, 1.54) is 0 Å². The molecule has 0 bridgehead atoms. The number of nitrogens with zero attached hydrogens (tertiary/aromatic N) is 2. The van der Waals surface area contributed by atoms with Crippen LogP contribution in [0.25, 0.3) is 0 Å². The third-order valence-electron chi connectivity index (χ3n) is 4.98. The molecule has 3 atom stereocenters. The lowest BCUT2D eigenvalue weighted by molar-refractivity contribution is -0.128. The first-order chi connectivity index (χ1) is 11.8. The van der Waals surface area contributed by atoms with Gasteiger partial charge >= 0.3 is 0 Å². The summed E-state index contributed by atoms with van der Waals surface area (Å²) in [5.74, 6) is 0.721. The fraction of sp³-hybridized carbons (Fsp3) is 0.947. The van der Waals surface area contributed by atoms with E-state index >= 15 is 0 Å². The molecule has 0 spiro atoms. The van der Waals surface area contributed by atoms with Crippen molar-refractivity contribution in [3.8, 4) is 0 Å². The molecular formula is C19H39FN4O. The van der Waals surface area contributed by atoms with E-state index in [1.807, 2.05) is 0 Å². The lowest BCUT2D eigenvalue weighted by Crippen LogP contribution is -2.52. The number of nitrogens with one attached hydrogen (secondary N) is 2. The van der Waals surface area contributed by atoms with Crippen molar-refractivity contribution in [1.29, 1.82) is 0 Å². The minimum absolute atomic E-state index is 0.185. The quantitative estimate of drug-likeness (QED) is 0.554. The number of hydrogen-bond donors (Lipinski definition) is 2. The predicted octanol–water partition coefficient (Wildman–Crippen LogP) is 1.88. The maximum atomic E-state index is 12.7. The summed E-state index contributed by atoms with van der Waals surface area (Å²) in [6.45, 7) is 9.71. The van der Waals surface area contributed by atoms with Crippen molar-refractivity contribution in [2.45, 2.75) is 64.6 Å². The van der Waals surface area contributed by atoms with Gasteiger partial charge in [-0.05, 0) is 45.2 Å². The third-order valence-corrected chi connectivity index (χ3v) is 4.98. The molecule has 2 N–H and O–H groups in total. The molecular weight excluding hydrogens is 319 g/mol. The zero-order valence-corrected chi connectivity index (χ0v) is 16.9. The summed E-state index contributed by atoms with van der Waals surface area (Å²) in [6.07, 6.45) is 3.63. The highest BCUT2D eigenvalue weighted by molar-refractivity contribution is 5.75. The summed E-state index contributed by atoms with van der Waals surface area (Å²) in [5, 5.41) is 7.25. The van der Waals surface area contributed by atoms with Gasteiger partial charge < -0.3 is 20.4 Å². The average Bonchev–Trinajstić information content (AvgIpc) is 2.53. The standard InChI is InChI=1S/C19H39FN4O/c1-15(2)22-18-8-11-24(12-9-20)14-17(18)13-16(3)21-10-6-7-19(25)23(4)5/h15-18,21-22H,6-14H2,1-5H3. The Kier molecular flexibility index (Phi) is 10.5. The highest BCUT2D eigenvalue weighted by Gasteiger charge is 2.30. The van der Waals surface area contributed by atoms with Crippen LogP contribution in [0.4, 0.5) is 4.39 Å². The van der Waals surface area contributed by atoms with Crippen molar-refractivity contribution in [2.24, 2.45) is 5.92 Å². The van der Waals surface area contributed by atoms with Gasteiger partial charge in [0.2, 0.25) is 5.91 Å². The van der Waals surface area contributed by atoms with Gasteiger partial charge in [0.25, 0.3) is 0 Å². The Morgan fingerprint density at radius 3 is 2.64 bits per heavy atom. The zero-order chi connectivity index (χ0) is 18.8. The molecule has 148 valence electrons. The molecule has 6 heteroatoms. The van der Waals surface area contributed by atoms with E-state index in [9.17, 15) is 9.18 Å². The molecule has 1 aliphatic rings. The Morgan fingerprint density at radius 2 is 2.04 bits per heavy atom. The van der Waals surface area contributed by atoms with Gasteiger partial charge in [-0.25, -0.2) is 4.39 Å². The van der Waals surface area contributed by atoms with Gasteiger partial charge in [0.05, 0.1) is 0 Å². The van der Waals surface area contributed by atoms with Crippen molar-refractivity contribution in [1.82, 2.24) is 20.4 Å². The predicted molar refractivity (Wildman–Crippen MR) is 103 cm³/mol. The van der Waals surface area contributed by atoms with Crippen LogP contribution in [0.3, 0.4) is 0 Å². The second-order valence-corrected chi connectivity index (χ2v) is 7.95. The van der Waals surface area contributed by atoms with E-state index in [0.29, 0.717) is 37.0 Å². The van der Waals surface area contributed by atoms with Crippen LogP contribution in [-0.4, -0.2) is 80.8 Å². The maximum absolute atomic E-state index is 12.7. The second-order valence-electron chi connectivity index (χ2n) is 7.95. The van der Waals surface area contributed by atoms with Crippen LogP contribution in [0.15, 0.2) is 0 Å². The van der Waals surface area contributed by atoms with Crippen LogP contribution in [0, 0.1) is 5.92 Å². The first-order valence-corrected chi connectivity index (χ1v) is 9.81. The van der Waals surface area contributed by atoms with Crippen molar-refractivity contribution < 1.29 is 9.18 Å². The minimum Gasteiger partial charge on any atom is -0.349 e. The third kappa shape index (κ3) is 8.97. The topological polar surface area (TPSA) is 47.6 Å². The van der Waals surface area contributed by atoms with Gasteiger partial charge in [-0.2, -0.15) is 0 Å². The Bertz CT molecular complexity index is 378. The largest absolute Gasteiger partial charge is 0.349 e. The van der Waals surface area contributed by atoms with Gasteiger partial charge in [-0.1, -0.05) is 13.8 Å². The van der Waals surface area contributed by atoms with Crippen molar-refractivity contribution in [2.75, 3.05) is 46.9 Å². The highest BCUT2D eigenvalue weighted by atomic mass is 19.1. The van der Waals surface area contributed by atoms with Gasteiger partial charge in [-0.15, -0.1) is 0 Å². The average molecular weight is 359 g/mol. The van der Waals surface area contributed by atoms with E-state index in [2.05, 4.69) is 36.3 Å². The molecule has 1 aliphatic heterocycles. The normalized spacial score (nSPS) is 23.0. The van der Waals surface area contributed by atoms with Gasteiger partial charge in [0.15, 0.2) is 0 Å². The number of carbonyl (C=O) groups excluding carboxylic acids is 1. The highest BCUT2D eigenvalue weighted by Crippen LogP contribution is 2.22. The lowest BCUT2D eigenvalue weighted by atomic mass is 9.86. The number of piperidine rings is 1.